The zero-order valence-corrected chi connectivity index (χ0v) is 10.4. The summed E-state index contributed by atoms with van der Waals surface area (Å²) in [6.45, 7) is 7.51. The van der Waals surface area contributed by atoms with Crippen LogP contribution in [0.4, 0.5) is 4.79 Å². The molecule has 3 nitrogen and oxygen atoms in total. The molecular weight excluding hydrogens is 176 g/mol. The Morgan fingerprint density at radius 1 is 1.14 bits per heavy atom. The van der Waals surface area contributed by atoms with Gasteiger partial charge in [-0.15, -0.1) is 0 Å². The predicted molar refractivity (Wildman–Crippen MR) is 60.4 cm³/mol. The average molecular weight is 200 g/mol. The van der Waals surface area contributed by atoms with Crippen LogP contribution in [0.1, 0.15) is 33.6 Å². The average Bonchev–Trinajstić information content (AvgIpc) is 2.00. The summed E-state index contributed by atoms with van der Waals surface area (Å²) in [5.41, 5.74) is 0.363. The van der Waals surface area contributed by atoms with E-state index in [1.807, 2.05) is 7.05 Å². The summed E-state index contributed by atoms with van der Waals surface area (Å²) < 4.78 is 0. The first-order valence-corrected chi connectivity index (χ1v) is 5.16. The van der Waals surface area contributed by atoms with Crippen molar-refractivity contribution in [1.82, 2.24) is 9.80 Å². The van der Waals surface area contributed by atoms with E-state index in [4.69, 9.17) is 0 Å². The van der Waals surface area contributed by atoms with Crippen LogP contribution < -0.4 is 0 Å². The summed E-state index contributed by atoms with van der Waals surface area (Å²) in [5.74, 6) is 0. The largest absolute Gasteiger partial charge is 0.331 e. The Kier molecular flexibility index (Phi) is 4.95. The Balaban J connectivity index is 3.75. The number of carbonyl (C=O) groups excluding carboxylic acids is 1. The van der Waals surface area contributed by atoms with Gasteiger partial charge < -0.3 is 9.80 Å². The lowest BCUT2D eigenvalue weighted by Gasteiger charge is -2.24. The first-order valence-electron chi connectivity index (χ1n) is 5.16. The summed E-state index contributed by atoms with van der Waals surface area (Å²) >= 11 is 0. The van der Waals surface area contributed by atoms with Crippen molar-refractivity contribution < 1.29 is 4.79 Å². The number of hydrogen-bond donors (Lipinski definition) is 0. The molecule has 0 heterocycles. The van der Waals surface area contributed by atoms with E-state index in [0.29, 0.717) is 5.41 Å². The molecule has 2 amide bonds. The van der Waals surface area contributed by atoms with Gasteiger partial charge in [-0.2, -0.15) is 0 Å². The van der Waals surface area contributed by atoms with Crippen molar-refractivity contribution in [2.24, 2.45) is 5.41 Å². The first-order chi connectivity index (χ1) is 6.24. The summed E-state index contributed by atoms with van der Waals surface area (Å²) in [5, 5.41) is 0. The molecule has 84 valence electrons. The number of rotatable bonds is 3. The molecule has 0 N–H and O–H groups in total. The number of carbonyl (C=O) groups is 1. The van der Waals surface area contributed by atoms with Crippen molar-refractivity contribution in [3.8, 4) is 0 Å². The van der Waals surface area contributed by atoms with Crippen LogP contribution in [-0.2, 0) is 0 Å². The van der Waals surface area contributed by atoms with Gasteiger partial charge >= 0.3 is 6.03 Å². The van der Waals surface area contributed by atoms with Crippen molar-refractivity contribution in [3.05, 3.63) is 0 Å². The number of amides is 2. The highest BCUT2D eigenvalue weighted by Crippen LogP contribution is 2.20. The fourth-order valence-electron chi connectivity index (χ4n) is 1.28. The topological polar surface area (TPSA) is 23.6 Å². The van der Waals surface area contributed by atoms with Gasteiger partial charge in [0.2, 0.25) is 0 Å². The number of urea groups is 1. The molecule has 0 fully saturated rings. The minimum Gasteiger partial charge on any atom is -0.331 e. The quantitative estimate of drug-likeness (QED) is 0.686. The monoisotopic (exact) mass is 200 g/mol. The molecule has 14 heavy (non-hydrogen) atoms. The van der Waals surface area contributed by atoms with Gasteiger partial charge in [0.1, 0.15) is 0 Å². The summed E-state index contributed by atoms with van der Waals surface area (Å²) in [6, 6.07) is 0.0823. The molecule has 0 aliphatic carbocycles. The highest BCUT2D eigenvalue weighted by atomic mass is 16.2. The van der Waals surface area contributed by atoms with Crippen LogP contribution in [0.5, 0.6) is 0 Å². The maximum atomic E-state index is 11.5. The molecule has 0 spiro atoms. The molecule has 0 saturated carbocycles. The van der Waals surface area contributed by atoms with Crippen molar-refractivity contribution in [2.75, 3.05) is 27.7 Å². The standard InChI is InChI=1S/C11H24N2O/c1-11(2,3)8-7-9-13(6)10(14)12(4)5/h7-9H2,1-6H3. The Morgan fingerprint density at radius 3 is 2.00 bits per heavy atom. The third-order valence-corrected chi connectivity index (χ3v) is 2.13. The van der Waals surface area contributed by atoms with Crippen molar-refractivity contribution >= 4 is 6.03 Å². The predicted octanol–water partition coefficient (Wildman–Crippen LogP) is 2.43. The van der Waals surface area contributed by atoms with Crippen LogP contribution in [0, 0.1) is 5.41 Å². The van der Waals surface area contributed by atoms with Crippen molar-refractivity contribution in [3.63, 3.8) is 0 Å². The molecule has 0 atom stereocenters. The third kappa shape index (κ3) is 5.84. The van der Waals surface area contributed by atoms with Crippen LogP contribution in [0.15, 0.2) is 0 Å². The second-order valence-electron chi connectivity index (χ2n) is 5.26. The number of nitrogens with zero attached hydrogens (tertiary/aromatic N) is 2. The van der Waals surface area contributed by atoms with E-state index in [-0.39, 0.29) is 6.03 Å². The number of hydrogen-bond acceptors (Lipinski definition) is 1. The van der Waals surface area contributed by atoms with Gasteiger partial charge in [0.15, 0.2) is 0 Å². The van der Waals surface area contributed by atoms with E-state index in [1.54, 1.807) is 23.9 Å². The van der Waals surface area contributed by atoms with Gasteiger partial charge in [0.05, 0.1) is 0 Å². The molecule has 0 aliphatic rings. The molecular formula is C11H24N2O. The smallest absolute Gasteiger partial charge is 0.319 e. The van der Waals surface area contributed by atoms with Gasteiger partial charge in [0, 0.05) is 27.7 Å². The van der Waals surface area contributed by atoms with Gasteiger partial charge in [-0.3, -0.25) is 0 Å². The molecule has 0 aromatic heterocycles. The zero-order valence-electron chi connectivity index (χ0n) is 10.4. The van der Waals surface area contributed by atoms with Gasteiger partial charge in [-0.05, 0) is 18.3 Å². The van der Waals surface area contributed by atoms with Crippen molar-refractivity contribution in [2.45, 2.75) is 33.6 Å². The lowest BCUT2D eigenvalue weighted by Crippen LogP contribution is -2.37. The molecule has 0 aromatic rings. The van der Waals surface area contributed by atoms with Crippen LogP contribution >= 0.6 is 0 Å². The maximum Gasteiger partial charge on any atom is 0.319 e. The summed E-state index contributed by atoms with van der Waals surface area (Å²) in [6.07, 6.45) is 2.22. The molecule has 0 aromatic carbocycles. The van der Waals surface area contributed by atoms with Crippen LogP contribution in [0.2, 0.25) is 0 Å². The fraction of sp³-hybridized carbons (Fsp3) is 0.909. The SMILES string of the molecule is CN(C)C(=O)N(C)CCCC(C)(C)C. The Hall–Kier alpha value is -0.730. The lowest BCUT2D eigenvalue weighted by atomic mass is 9.90. The van der Waals surface area contributed by atoms with Gasteiger partial charge in [0.25, 0.3) is 0 Å². The third-order valence-electron chi connectivity index (χ3n) is 2.13. The van der Waals surface area contributed by atoms with Crippen LogP contribution in [-0.4, -0.2) is 43.5 Å². The normalized spacial score (nSPS) is 11.3. The molecule has 3 heteroatoms. The summed E-state index contributed by atoms with van der Waals surface area (Å²) in [7, 11) is 5.41. The van der Waals surface area contributed by atoms with E-state index in [9.17, 15) is 4.79 Å². The molecule has 0 aliphatic heterocycles. The zero-order chi connectivity index (χ0) is 11.4. The van der Waals surface area contributed by atoms with E-state index in [0.717, 1.165) is 19.4 Å². The second kappa shape index (κ2) is 5.23. The Labute approximate surface area is 88.1 Å². The Bertz CT molecular complexity index is 182. The fourth-order valence-corrected chi connectivity index (χ4v) is 1.28. The van der Waals surface area contributed by atoms with E-state index in [2.05, 4.69) is 20.8 Å². The molecule has 0 radical (unpaired) electrons. The maximum absolute atomic E-state index is 11.5. The molecule has 0 bridgehead atoms. The highest BCUT2D eigenvalue weighted by molar-refractivity contribution is 5.73. The van der Waals surface area contributed by atoms with Crippen LogP contribution in [0.3, 0.4) is 0 Å². The van der Waals surface area contributed by atoms with E-state index in [1.165, 1.54) is 0 Å². The first kappa shape index (κ1) is 13.3. The summed E-state index contributed by atoms with van der Waals surface area (Å²) in [4.78, 5) is 14.8. The molecule has 0 rings (SSSR count). The highest BCUT2D eigenvalue weighted by Gasteiger charge is 2.13. The van der Waals surface area contributed by atoms with Gasteiger partial charge in [-0.25, -0.2) is 4.79 Å². The second-order valence-corrected chi connectivity index (χ2v) is 5.26. The van der Waals surface area contributed by atoms with E-state index < -0.39 is 0 Å². The van der Waals surface area contributed by atoms with Gasteiger partial charge in [-0.1, -0.05) is 20.8 Å². The Morgan fingerprint density at radius 2 is 1.64 bits per heavy atom. The minimum atomic E-state index is 0.0823. The molecule has 0 saturated heterocycles. The molecule has 0 unspecified atom stereocenters. The van der Waals surface area contributed by atoms with E-state index >= 15 is 0 Å². The lowest BCUT2D eigenvalue weighted by molar-refractivity contribution is 0.179. The van der Waals surface area contributed by atoms with Crippen LogP contribution in [0.25, 0.3) is 0 Å². The minimum absolute atomic E-state index is 0.0823. The van der Waals surface area contributed by atoms with Crippen molar-refractivity contribution in [1.29, 1.82) is 0 Å².